The fourth-order valence-electron chi connectivity index (χ4n) is 4.00. The summed E-state index contributed by atoms with van der Waals surface area (Å²) >= 11 is 12.4. The number of hydrogen-bond acceptors (Lipinski definition) is 2. The van der Waals surface area contributed by atoms with Crippen molar-refractivity contribution in [3.63, 3.8) is 0 Å². The number of nitrogens with one attached hydrogen (secondary N) is 2. The van der Waals surface area contributed by atoms with Crippen molar-refractivity contribution < 1.29 is 4.79 Å². The Morgan fingerprint density at radius 3 is 2.87 bits per heavy atom. The van der Waals surface area contributed by atoms with E-state index in [1.807, 2.05) is 23.7 Å². The molecule has 1 aromatic heterocycles. The highest BCUT2D eigenvalue weighted by Crippen LogP contribution is 2.45. The SMILES string of the molecule is Cn1c(C(=O)NC2CCC23CCNC3)cc2c(Cl)c(Cl)ccc21. The van der Waals surface area contributed by atoms with Crippen molar-refractivity contribution in [2.24, 2.45) is 12.5 Å². The van der Waals surface area contributed by atoms with Gasteiger partial charge in [-0.1, -0.05) is 23.2 Å². The first kappa shape index (κ1) is 15.3. The number of carbonyl (C=O) groups is 1. The van der Waals surface area contributed by atoms with Gasteiger partial charge in [0.1, 0.15) is 5.69 Å². The predicted octanol–water partition coefficient (Wildman–Crippen LogP) is 3.36. The zero-order chi connectivity index (χ0) is 16.2. The van der Waals surface area contributed by atoms with E-state index < -0.39 is 0 Å². The normalized spacial score (nSPS) is 26.7. The number of aryl methyl sites for hydroxylation is 1. The smallest absolute Gasteiger partial charge is 0.268 e. The molecule has 2 atom stereocenters. The van der Waals surface area contributed by atoms with Gasteiger partial charge in [-0.2, -0.15) is 0 Å². The first-order chi connectivity index (χ1) is 11.0. The summed E-state index contributed by atoms with van der Waals surface area (Å²) in [6.45, 7) is 2.06. The molecule has 122 valence electrons. The molecule has 2 heterocycles. The molecular formula is C17H19Cl2N3O. The van der Waals surface area contributed by atoms with Crippen LogP contribution in [-0.2, 0) is 7.05 Å². The van der Waals surface area contributed by atoms with Gasteiger partial charge in [-0.3, -0.25) is 4.79 Å². The van der Waals surface area contributed by atoms with Crippen molar-refractivity contribution in [1.82, 2.24) is 15.2 Å². The van der Waals surface area contributed by atoms with Crippen molar-refractivity contribution >= 4 is 40.0 Å². The van der Waals surface area contributed by atoms with Gasteiger partial charge >= 0.3 is 0 Å². The van der Waals surface area contributed by atoms with Crippen LogP contribution in [-0.4, -0.2) is 29.6 Å². The average Bonchev–Trinajstić information content (AvgIpc) is 3.15. The number of aromatic nitrogens is 1. The molecule has 1 aliphatic carbocycles. The summed E-state index contributed by atoms with van der Waals surface area (Å²) in [6.07, 6.45) is 3.40. The van der Waals surface area contributed by atoms with Crippen LogP contribution in [0.1, 0.15) is 29.8 Å². The molecule has 2 aromatic rings. The summed E-state index contributed by atoms with van der Waals surface area (Å²) in [5, 5.41) is 8.46. The summed E-state index contributed by atoms with van der Waals surface area (Å²) in [6, 6.07) is 5.75. The molecule has 6 heteroatoms. The Labute approximate surface area is 145 Å². The van der Waals surface area contributed by atoms with E-state index in [2.05, 4.69) is 10.6 Å². The molecule has 2 aliphatic rings. The van der Waals surface area contributed by atoms with E-state index in [-0.39, 0.29) is 17.4 Å². The first-order valence-electron chi connectivity index (χ1n) is 7.97. The Bertz CT molecular complexity index is 793. The molecule has 1 aromatic carbocycles. The number of rotatable bonds is 2. The van der Waals surface area contributed by atoms with Crippen molar-refractivity contribution in [2.75, 3.05) is 13.1 Å². The molecule has 0 bridgehead atoms. The van der Waals surface area contributed by atoms with Crippen LogP contribution in [0, 0.1) is 5.41 Å². The van der Waals surface area contributed by atoms with Crippen LogP contribution in [0.2, 0.25) is 10.0 Å². The zero-order valence-corrected chi connectivity index (χ0v) is 14.5. The minimum absolute atomic E-state index is 0.0353. The molecule has 2 N–H and O–H groups in total. The molecule has 4 rings (SSSR count). The molecule has 2 unspecified atom stereocenters. The van der Waals surface area contributed by atoms with Crippen LogP contribution < -0.4 is 10.6 Å². The number of halogens is 2. The van der Waals surface area contributed by atoms with Gasteiger partial charge in [0.25, 0.3) is 5.91 Å². The molecule has 23 heavy (non-hydrogen) atoms. The Balaban J connectivity index is 1.63. The fraction of sp³-hybridized carbons (Fsp3) is 0.471. The fourth-order valence-corrected chi connectivity index (χ4v) is 4.37. The van der Waals surface area contributed by atoms with Crippen LogP contribution in [0.3, 0.4) is 0 Å². The Kier molecular flexibility index (Phi) is 3.59. The van der Waals surface area contributed by atoms with E-state index in [1.54, 1.807) is 6.07 Å². The van der Waals surface area contributed by atoms with Crippen molar-refractivity contribution in [3.05, 3.63) is 33.9 Å². The van der Waals surface area contributed by atoms with Crippen molar-refractivity contribution in [3.8, 4) is 0 Å². The van der Waals surface area contributed by atoms with Gasteiger partial charge in [0.05, 0.1) is 10.0 Å². The minimum Gasteiger partial charge on any atom is -0.347 e. The summed E-state index contributed by atoms with van der Waals surface area (Å²) < 4.78 is 1.88. The van der Waals surface area contributed by atoms with Gasteiger partial charge < -0.3 is 15.2 Å². The molecular weight excluding hydrogens is 333 g/mol. The van der Waals surface area contributed by atoms with E-state index in [9.17, 15) is 4.79 Å². The van der Waals surface area contributed by atoms with E-state index >= 15 is 0 Å². The third-order valence-corrected chi connectivity index (χ3v) is 6.42. The lowest BCUT2D eigenvalue weighted by atomic mass is 9.64. The number of amides is 1. The van der Waals surface area contributed by atoms with Gasteiger partial charge in [0.2, 0.25) is 0 Å². The van der Waals surface area contributed by atoms with Crippen molar-refractivity contribution in [2.45, 2.75) is 25.3 Å². The maximum Gasteiger partial charge on any atom is 0.268 e. The summed E-state index contributed by atoms with van der Waals surface area (Å²) in [5.74, 6) is -0.0353. The second kappa shape index (κ2) is 5.40. The molecule has 1 aliphatic heterocycles. The third kappa shape index (κ3) is 2.27. The van der Waals surface area contributed by atoms with Gasteiger partial charge in [-0.25, -0.2) is 0 Å². The lowest BCUT2D eigenvalue weighted by molar-refractivity contribution is 0.0652. The summed E-state index contributed by atoms with van der Waals surface area (Å²) in [4.78, 5) is 12.7. The minimum atomic E-state index is -0.0353. The molecule has 1 saturated heterocycles. The van der Waals surface area contributed by atoms with Crippen LogP contribution in [0.5, 0.6) is 0 Å². The third-order valence-electron chi connectivity index (χ3n) is 5.60. The first-order valence-corrected chi connectivity index (χ1v) is 8.72. The Morgan fingerprint density at radius 2 is 2.22 bits per heavy atom. The highest BCUT2D eigenvalue weighted by Gasteiger charge is 2.49. The Morgan fingerprint density at radius 1 is 1.39 bits per heavy atom. The van der Waals surface area contributed by atoms with E-state index in [1.165, 1.54) is 6.42 Å². The highest BCUT2D eigenvalue weighted by atomic mass is 35.5. The lowest BCUT2D eigenvalue weighted by Gasteiger charge is -2.47. The van der Waals surface area contributed by atoms with Crippen LogP contribution in [0.15, 0.2) is 18.2 Å². The maximum absolute atomic E-state index is 12.7. The second-order valence-electron chi connectivity index (χ2n) is 6.74. The van der Waals surface area contributed by atoms with Gasteiger partial charge in [-0.05, 0) is 44.0 Å². The largest absolute Gasteiger partial charge is 0.347 e. The van der Waals surface area contributed by atoms with Gasteiger partial charge in [-0.15, -0.1) is 0 Å². The van der Waals surface area contributed by atoms with E-state index in [4.69, 9.17) is 23.2 Å². The average molecular weight is 352 g/mol. The standard InChI is InChI=1S/C17H19Cl2N3O/c1-22-12-3-2-11(18)15(19)10(12)8-13(22)16(23)21-14-4-5-17(14)6-7-20-9-17/h2-3,8,14,20H,4-7,9H2,1H3,(H,21,23). The maximum atomic E-state index is 12.7. The van der Waals surface area contributed by atoms with Gasteiger partial charge in [0, 0.05) is 36.0 Å². The van der Waals surface area contributed by atoms with Crippen LogP contribution >= 0.6 is 23.2 Å². The highest BCUT2D eigenvalue weighted by molar-refractivity contribution is 6.45. The number of carbonyl (C=O) groups excluding carboxylic acids is 1. The van der Waals surface area contributed by atoms with Crippen LogP contribution in [0.4, 0.5) is 0 Å². The zero-order valence-electron chi connectivity index (χ0n) is 13.0. The molecule has 2 fully saturated rings. The van der Waals surface area contributed by atoms with Gasteiger partial charge in [0.15, 0.2) is 0 Å². The number of fused-ring (bicyclic) bond motifs is 1. The summed E-state index contributed by atoms with van der Waals surface area (Å²) in [7, 11) is 1.88. The molecule has 4 nitrogen and oxygen atoms in total. The van der Waals surface area contributed by atoms with E-state index in [0.29, 0.717) is 15.7 Å². The van der Waals surface area contributed by atoms with E-state index in [0.717, 1.165) is 36.8 Å². The topological polar surface area (TPSA) is 46.1 Å². The molecule has 1 amide bonds. The monoisotopic (exact) mass is 351 g/mol. The predicted molar refractivity (Wildman–Crippen MR) is 93.3 cm³/mol. The number of benzene rings is 1. The molecule has 0 radical (unpaired) electrons. The molecule has 1 spiro atoms. The lowest BCUT2D eigenvalue weighted by Crippen LogP contribution is -2.56. The summed E-state index contributed by atoms with van der Waals surface area (Å²) in [5.41, 5.74) is 1.80. The second-order valence-corrected chi connectivity index (χ2v) is 7.52. The quantitative estimate of drug-likeness (QED) is 0.871. The number of nitrogens with zero attached hydrogens (tertiary/aromatic N) is 1. The Hall–Kier alpha value is -1.23. The number of hydrogen-bond donors (Lipinski definition) is 2. The molecule has 1 saturated carbocycles. The van der Waals surface area contributed by atoms with Crippen LogP contribution in [0.25, 0.3) is 10.9 Å². The van der Waals surface area contributed by atoms with Crippen molar-refractivity contribution in [1.29, 1.82) is 0 Å².